The van der Waals surface area contributed by atoms with Gasteiger partial charge < -0.3 is 5.11 Å². The van der Waals surface area contributed by atoms with E-state index < -0.39 is 5.97 Å². The highest BCUT2D eigenvalue weighted by molar-refractivity contribution is 7.18. The smallest absolute Gasteiger partial charge is 0.307 e. The SMILES string of the molecule is O=C(O)C1CCCN(C(c2ccc(Cl)c(Cl)c2)c2nc3ccccc3s2)C1. The molecule has 27 heavy (non-hydrogen) atoms. The van der Waals surface area contributed by atoms with Gasteiger partial charge >= 0.3 is 5.97 Å². The van der Waals surface area contributed by atoms with Crippen molar-refractivity contribution in [2.45, 2.75) is 18.9 Å². The van der Waals surface area contributed by atoms with Crippen molar-refractivity contribution in [1.29, 1.82) is 0 Å². The van der Waals surface area contributed by atoms with Crippen LogP contribution in [-0.2, 0) is 4.79 Å². The highest BCUT2D eigenvalue weighted by Crippen LogP contribution is 2.38. The molecule has 1 aromatic heterocycles. The lowest BCUT2D eigenvalue weighted by Gasteiger charge is -2.36. The zero-order chi connectivity index (χ0) is 19.0. The number of thiazole rings is 1. The van der Waals surface area contributed by atoms with E-state index in [2.05, 4.69) is 11.0 Å². The fourth-order valence-corrected chi connectivity index (χ4v) is 5.08. The van der Waals surface area contributed by atoms with Crippen molar-refractivity contribution >= 4 is 50.7 Å². The predicted octanol–water partition coefficient (Wildman–Crippen LogP) is 5.49. The van der Waals surface area contributed by atoms with E-state index in [0.29, 0.717) is 23.0 Å². The molecule has 1 fully saturated rings. The van der Waals surface area contributed by atoms with Gasteiger partial charge in [-0.15, -0.1) is 11.3 Å². The number of benzene rings is 2. The van der Waals surface area contributed by atoms with Crippen molar-refractivity contribution < 1.29 is 9.90 Å². The summed E-state index contributed by atoms with van der Waals surface area (Å²) in [7, 11) is 0. The first kappa shape index (κ1) is 18.7. The van der Waals surface area contributed by atoms with Gasteiger partial charge in [0.2, 0.25) is 0 Å². The second-order valence-corrected chi connectivity index (χ2v) is 8.64. The van der Waals surface area contributed by atoms with Gasteiger partial charge in [-0.3, -0.25) is 9.69 Å². The normalized spacial score (nSPS) is 19.3. The van der Waals surface area contributed by atoms with Crippen LogP contribution in [0.15, 0.2) is 42.5 Å². The third-order valence-corrected chi connectivity index (χ3v) is 6.80. The Kier molecular flexibility index (Phi) is 5.37. The van der Waals surface area contributed by atoms with E-state index in [9.17, 15) is 9.90 Å². The number of carboxylic acids is 1. The van der Waals surface area contributed by atoms with Gasteiger partial charge in [0.05, 0.1) is 32.2 Å². The van der Waals surface area contributed by atoms with Crippen LogP contribution in [0.4, 0.5) is 0 Å². The number of piperidine rings is 1. The molecule has 1 N–H and O–H groups in total. The van der Waals surface area contributed by atoms with Crippen molar-refractivity contribution in [1.82, 2.24) is 9.88 Å². The Morgan fingerprint density at radius 1 is 1.22 bits per heavy atom. The van der Waals surface area contributed by atoms with E-state index in [1.165, 1.54) is 0 Å². The van der Waals surface area contributed by atoms with Crippen LogP contribution >= 0.6 is 34.5 Å². The van der Waals surface area contributed by atoms with E-state index in [1.807, 2.05) is 30.3 Å². The molecule has 0 radical (unpaired) electrons. The second kappa shape index (κ2) is 7.76. The Labute approximate surface area is 171 Å². The highest BCUT2D eigenvalue weighted by Gasteiger charge is 2.33. The van der Waals surface area contributed by atoms with Gasteiger partial charge in [-0.25, -0.2) is 4.98 Å². The molecule has 1 aliphatic rings. The number of halogens is 2. The minimum absolute atomic E-state index is 0.140. The number of aromatic nitrogens is 1. The Hall–Kier alpha value is -1.66. The molecule has 0 amide bonds. The summed E-state index contributed by atoms with van der Waals surface area (Å²) in [4.78, 5) is 18.6. The van der Waals surface area contributed by atoms with Crippen molar-refractivity contribution in [3.05, 3.63) is 63.1 Å². The Bertz CT molecular complexity index is 958. The number of carboxylic acid groups (broad SMARTS) is 1. The zero-order valence-electron chi connectivity index (χ0n) is 14.4. The maximum atomic E-state index is 11.6. The minimum Gasteiger partial charge on any atom is -0.481 e. The largest absolute Gasteiger partial charge is 0.481 e. The summed E-state index contributed by atoms with van der Waals surface area (Å²) in [6.45, 7) is 1.32. The molecule has 0 aliphatic carbocycles. The van der Waals surface area contributed by atoms with Gasteiger partial charge in [0.15, 0.2) is 0 Å². The molecule has 7 heteroatoms. The van der Waals surface area contributed by atoms with E-state index in [1.54, 1.807) is 17.4 Å². The van der Waals surface area contributed by atoms with Gasteiger partial charge in [-0.1, -0.05) is 41.4 Å². The summed E-state index contributed by atoms with van der Waals surface area (Å²) in [5.41, 5.74) is 1.93. The van der Waals surface area contributed by atoms with E-state index in [4.69, 9.17) is 28.2 Å². The van der Waals surface area contributed by atoms with Crippen LogP contribution in [0.1, 0.15) is 29.5 Å². The average Bonchev–Trinajstić information content (AvgIpc) is 3.08. The number of nitrogens with zero attached hydrogens (tertiary/aromatic N) is 2. The van der Waals surface area contributed by atoms with Gasteiger partial charge in [-0.2, -0.15) is 0 Å². The Morgan fingerprint density at radius 2 is 2.04 bits per heavy atom. The molecule has 1 aliphatic heterocycles. The molecule has 2 unspecified atom stereocenters. The van der Waals surface area contributed by atoms with Gasteiger partial charge in [-0.05, 0) is 49.2 Å². The van der Waals surface area contributed by atoms with Gasteiger partial charge in [0.25, 0.3) is 0 Å². The summed E-state index contributed by atoms with van der Waals surface area (Å²) in [5.74, 6) is -1.10. The fourth-order valence-electron chi connectivity index (χ4n) is 3.64. The number of hydrogen-bond donors (Lipinski definition) is 1. The lowest BCUT2D eigenvalue weighted by Crippen LogP contribution is -2.41. The van der Waals surface area contributed by atoms with Crippen LogP contribution in [0, 0.1) is 5.92 Å². The molecule has 2 aromatic carbocycles. The van der Waals surface area contributed by atoms with Gasteiger partial charge in [0, 0.05) is 6.54 Å². The van der Waals surface area contributed by atoms with Crippen LogP contribution in [0.5, 0.6) is 0 Å². The fraction of sp³-hybridized carbons (Fsp3) is 0.300. The Balaban J connectivity index is 1.79. The highest BCUT2D eigenvalue weighted by atomic mass is 35.5. The number of likely N-dealkylation sites (tertiary alicyclic amines) is 1. The van der Waals surface area contributed by atoms with Crippen molar-refractivity contribution in [2.75, 3.05) is 13.1 Å². The summed E-state index contributed by atoms with van der Waals surface area (Å²) in [5, 5.41) is 11.4. The summed E-state index contributed by atoms with van der Waals surface area (Å²) in [6, 6.07) is 13.5. The monoisotopic (exact) mass is 420 g/mol. The first-order chi connectivity index (χ1) is 13.0. The number of aliphatic carboxylic acids is 1. The molecule has 4 rings (SSSR count). The topological polar surface area (TPSA) is 53.4 Å². The van der Waals surface area contributed by atoms with E-state index >= 15 is 0 Å². The van der Waals surface area contributed by atoms with Crippen LogP contribution in [-0.4, -0.2) is 34.0 Å². The molecular weight excluding hydrogens is 403 g/mol. The Morgan fingerprint density at radius 3 is 2.78 bits per heavy atom. The second-order valence-electron chi connectivity index (χ2n) is 6.77. The molecule has 2 heterocycles. The third-order valence-electron chi connectivity index (χ3n) is 4.97. The lowest BCUT2D eigenvalue weighted by molar-refractivity contribution is -0.143. The van der Waals surface area contributed by atoms with Gasteiger partial charge in [0.1, 0.15) is 5.01 Å². The summed E-state index contributed by atoms with van der Waals surface area (Å²) >= 11 is 14.0. The molecule has 2 atom stereocenters. The van der Waals surface area contributed by atoms with Crippen molar-refractivity contribution in [3.8, 4) is 0 Å². The molecular formula is C20H18Cl2N2O2S. The number of para-hydroxylation sites is 1. The number of hydrogen-bond acceptors (Lipinski definition) is 4. The lowest BCUT2D eigenvalue weighted by atomic mass is 9.95. The predicted molar refractivity (Wildman–Crippen MR) is 110 cm³/mol. The molecule has 4 nitrogen and oxygen atoms in total. The van der Waals surface area contributed by atoms with Crippen molar-refractivity contribution in [2.24, 2.45) is 5.92 Å². The quantitative estimate of drug-likeness (QED) is 0.605. The summed E-state index contributed by atoms with van der Waals surface area (Å²) in [6.07, 6.45) is 1.56. The third kappa shape index (κ3) is 3.83. The first-order valence-electron chi connectivity index (χ1n) is 8.80. The van der Waals surface area contributed by atoms with Crippen LogP contribution in [0.3, 0.4) is 0 Å². The number of fused-ring (bicyclic) bond motifs is 1. The average molecular weight is 421 g/mol. The number of carbonyl (C=O) groups is 1. The van der Waals surface area contributed by atoms with E-state index in [0.717, 1.165) is 33.8 Å². The minimum atomic E-state index is -0.739. The molecule has 1 saturated heterocycles. The molecule has 0 bridgehead atoms. The maximum absolute atomic E-state index is 11.6. The maximum Gasteiger partial charge on any atom is 0.307 e. The van der Waals surface area contributed by atoms with Crippen molar-refractivity contribution in [3.63, 3.8) is 0 Å². The molecule has 0 spiro atoms. The first-order valence-corrected chi connectivity index (χ1v) is 10.4. The molecule has 3 aromatic rings. The standard InChI is InChI=1S/C20H18Cl2N2O2S/c21-14-8-7-12(10-15(14)22)18(24-9-3-4-13(11-24)20(25)26)19-23-16-5-1-2-6-17(16)27-19/h1-2,5-8,10,13,18H,3-4,9,11H2,(H,25,26). The van der Waals surface area contributed by atoms with Crippen LogP contribution in [0.2, 0.25) is 10.0 Å². The molecule has 0 saturated carbocycles. The zero-order valence-corrected chi connectivity index (χ0v) is 16.8. The number of rotatable bonds is 4. The summed E-state index contributed by atoms with van der Waals surface area (Å²) < 4.78 is 1.12. The van der Waals surface area contributed by atoms with Crippen LogP contribution < -0.4 is 0 Å². The van der Waals surface area contributed by atoms with E-state index in [-0.39, 0.29) is 12.0 Å². The van der Waals surface area contributed by atoms with Crippen LogP contribution in [0.25, 0.3) is 10.2 Å². The molecule has 140 valence electrons.